The molecule has 5 rings (SSSR count). The van der Waals surface area contributed by atoms with Crippen LogP contribution in [0, 0.1) is 5.82 Å². The lowest BCUT2D eigenvalue weighted by atomic mass is 10.0. The number of nitrogens with one attached hydrogen (secondary N) is 1. The van der Waals surface area contributed by atoms with Crippen LogP contribution in [0.1, 0.15) is 21.6 Å². The number of aromatic nitrogens is 4. The van der Waals surface area contributed by atoms with E-state index in [2.05, 4.69) is 59.7 Å². The third-order valence-electron chi connectivity index (χ3n) is 9.06. The monoisotopic (exact) mass is 874 g/mol. The van der Waals surface area contributed by atoms with Crippen LogP contribution < -0.4 is 14.4 Å². The Labute approximate surface area is 345 Å². The molecular weight excluding hydrogens is 825 g/mol. The molecule has 59 heavy (non-hydrogen) atoms. The van der Waals surface area contributed by atoms with E-state index in [1.54, 1.807) is 59.9 Å². The molecule has 19 heteroatoms. The molecule has 3 aromatic carbocycles. The number of fused-ring (bicyclic) bond motifs is 1. The number of hydrogen-bond acceptors (Lipinski definition) is 9. The van der Waals surface area contributed by atoms with E-state index in [4.69, 9.17) is 14.2 Å². The fourth-order valence-corrected chi connectivity index (χ4v) is 8.42. The number of anilines is 2. The average molecular weight is 875 g/mol. The summed E-state index contributed by atoms with van der Waals surface area (Å²) in [4.78, 5) is 22.3. The third-order valence-corrected chi connectivity index (χ3v) is 13.8. The number of carboxylic acids is 1. The van der Waals surface area contributed by atoms with Crippen LogP contribution in [0.3, 0.4) is 0 Å². The number of carboxylic acid groups (broad SMARTS) is 1. The molecule has 0 saturated carbocycles. The van der Waals surface area contributed by atoms with Crippen molar-refractivity contribution in [2.45, 2.75) is 82.1 Å². The SMILES string of the molecule is CN(c1ccccc1CNc1nc(-c2cc(F)c(OCOCC[Si](C)(C)C)cc2CC(F)(F)F)nc2c1c(C(=O)O)nn2COCC[Si](C)(C)C)S(=O)c1ccccc1. The largest absolute Gasteiger partial charge is 0.476 e. The molecule has 2 heterocycles. The maximum absolute atomic E-state index is 15.8. The van der Waals surface area contributed by atoms with Crippen LogP contribution in [0.2, 0.25) is 51.4 Å². The Hall–Kier alpha value is -4.70. The summed E-state index contributed by atoms with van der Waals surface area (Å²) >= 11 is 0. The summed E-state index contributed by atoms with van der Waals surface area (Å²) in [5, 5.41) is 17.7. The fourth-order valence-electron chi connectivity index (χ4n) is 5.84. The fraction of sp³-hybridized carbons (Fsp3) is 0.400. The van der Waals surface area contributed by atoms with Crippen LogP contribution in [0.25, 0.3) is 22.4 Å². The highest BCUT2D eigenvalue weighted by Crippen LogP contribution is 2.36. The molecule has 0 spiro atoms. The van der Waals surface area contributed by atoms with Gasteiger partial charge >= 0.3 is 12.1 Å². The molecule has 0 saturated heterocycles. The van der Waals surface area contributed by atoms with Gasteiger partial charge in [-0.3, -0.25) is 4.31 Å². The van der Waals surface area contributed by atoms with Crippen LogP contribution >= 0.6 is 0 Å². The normalized spacial score (nSPS) is 12.8. The second-order valence-electron chi connectivity index (χ2n) is 16.4. The number of ether oxygens (including phenoxy) is 3. The minimum atomic E-state index is -4.72. The second kappa shape index (κ2) is 19.1. The van der Waals surface area contributed by atoms with Crippen LogP contribution in [-0.2, 0) is 40.2 Å². The molecule has 1 unspecified atom stereocenters. The summed E-state index contributed by atoms with van der Waals surface area (Å²) in [5.41, 5.74) is 0.0363. The van der Waals surface area contributed by atoms with Crippen LogP contribution in [0.15, 0.2) is 71.6 Å². The minimum Gasteiger partial charge on any atom is -0.476 e. The molecule has 0 amide bonds. The topological polar surface area (TPSA) is 141 Å². The van der Waals surface area contributed by atoms with Gasteiger partial charge in [0.25, 0.3) is 0 Å². The molecule has 0 bridgehead atoms. The number of carbonyl (C=O) groups is 1. The number of rotatable bonds is 20. The molecule has 0 radical (unpaired) electrons. The molecule has 5 aromatic rings. The van der Waals surface area contributed by atoms with E-state index in [9.17, 15) is 27.3 Å². The predicted octanol–water partition coefficient (Wildman–Crippen LogP) is 9.21. The van der Waals surface area contributed by atoms with E-state index in [-0.39, 0.29) is 53.9 Å². The first-order valence-corrected chi connectivity index (χ1v) is 27.4. The van der Waals surface area contributed by atoms with Gasteiger partial charge in [0.2, 0.25) is 0 Å². The second-order valence-corrected chi connectivity index (χ2v) is 29.1. The Morgan fingerprint density at radius 1 is 0.915 bits per heavy atom. The van der Waals surface area contributed by atoms with Crippen molar-refractivity contribution in [3.8, 4) is 17.1 Å². The van der Waals surface area contributed by atoms with Crippen LogP contribution in [0.4, 0.5) is 29.1 Å². The first-order chi connectivity index (χ1) is 27.7. The summed E-state index contributed by atoms with van der Waals surface area (Å²) in [7, 11) is -2.88. The van der Waals surface area contributed by atoms with Crippen molar-refractivity contribution in [1.29, 1.82) is 0 Å². The van der Waals surface area contributed by atoms with Crippen molar-refractivity contribution in [1.82, 2.24) is 19.7 Å². The van der Waals surface area contributed by atoms with E-state index in [0.717, 1.165) is 24.2 Å². The van der Waals surface area contributed by atoms with Crippen molar-refractivity contribution in [2.24, 2.45) is 0 Å². The van der Waals surface area contributed by atoms with Crippen molar-refractivity contribution in [3.63, 3.8) is 0 Å². The first-order valence-electron chi connectivity index (χ1n) is 18.9. The summed E-state index contributed by atoms with van der Waals surface area (Å²) in [6.07, 6.45) is -6.20. The highest BCUT2D eigenvalue weighted by Gasteiger charge is 2.32. The summed E-state index contributed by atoms with van der Waals surface area (Å²) < 4.78 is 91.3. The molecule has 2 aromatic heterocycles. The Morgan fingerprint density at radius 2 is 1.56 bits per heavy atom. The zero-order valence-corrected chi connectivity index (χ0v) is 37.0. The lowest BCUT2D eigenvalue weighted by molar-refractivity contribution is -0.127. The number of alkyl halides is 3. The maximum Gasteiger partial charge on any atom is 0.393 e. The van der Waals surface area contributed by atoms with Crippen molar-refractivity contribution in [3.05, 3.63) is 89.4 Å². The smallest absolute Gasteiger partial charge is 0.393 e. The average Bonchev–Trinajstić information content (AvgIpc) is 3.54. The van der Waals surface area contributed by atoms with Crippen molar-refractivity contribution >= 4 is 55.6 Å². The van der Waals surface area contributed by atoms with Gasteiger partial charge in [-0.15, -0.1) is 0 Å². The lowest BCUT2D eigenvalue weighted by Crippen LogP contribution is -2.22. The summed E-state index contributed by atoms with van der Waals surface area (Å²) in [6, 6.07) is 19.4. The Balaban J connectivity index is 1.60. The van der Waals surface area contributed by atoms with Crippen LogP contribution in [-0.4, -0.2) is 84.4 Å². The third kappa shape index (κ3) is 12.7. The van der Waals surface area contributed by atoms with Gasteiger partial charge < -0.3 is 24.6 Å². The van der Waals surface area contributed by atoms with Gasteiger partial charge in [-0.1, -0.05) is 75.7 Å². The Bertz CT molecular complexity index is 2270. The number of nitrogens with zero attached hydrogens (tertiary/aromatic N) is 5. The lowest BCUT2D eigenvalue weighted by Gasteiger charge is -2.22. The molecule has 2 N–H and O–H groups in total. The van der Waals surface area contributed by atoms with E-state index in [1.165, 1.54) is 4.68 Å². The Morgan fingerprint density at radius 3 is 2.20 bits per heavy atom. The summed E-state index contributed by atoms with van der Waals surface area (Å²) in [5.74, 6) is -3.25. The van der Waals surface area contributed by atoms with Gasteiger partial charge in [0.15, 0.2) is 46.5 Å². The van der Waals surface area contributed by atoms with Gasteiger partial charge in [-0.2, -0.15) is 18.3 Å². The zero-order valence-electron chi connectivity index (χ0n) is 34.2. The van der Waals surface area contributed by atoms with E-state index >= 15 is 4.39 Å². The van der Waals surface area contributed by atoms with Gasteiger partial charge in [0.1, 0.15) is 12.5 Å². The highest BCUT2D eigenvalue weighted by molar-refractivity contribution is 7.86. The number of aromatic carboxylic acids is 1. The number of halogens is 4. The summed E-state index contributed by atoms with van der Waals surface area (Å²) in [6.45, 7) is 13.1. The quantitative estimate of drug-likeness (QED) is 0.0337. The van der Waals surface area contributed by atoms with Crippen molar-refractivity contribution < 1.29 is 45.9 Å². The minimum absolute atomic E-state index is 0.0107. The molecule has 1 atom stereocenters. The molecule has 0 fully saturated rings. The van der Waals surface area contributed by atoms with Gasteiger partial charge in [0.05, 0.1) is 22.4 Å². The van der Waals surface area contributed by atoms with Gasteiger partial charge in [0, 0.05) is 48.5 Å². The van der Waals surface area contributed by atoms with E-state index < -0.39 is 63.0 Å². The van der Waals surface area contributed by atoms with E-state index in [1.807, 2.05) is 6.07 Å². The maximum atomic E-state index is 15.8. The van der Waals surface area contributed by atoms with E-state index in [0.29, 0.717) is 29.4 Å². The van der Waals surface area contributed by atoms with Gasteiger partial charge in [-0.25, -0.2) is 28.0 Å². The molecular formula is C40H50F4N6O6SSi2. The first kappa shape index (κ1) is 45.4. The molecule has 0 aliphatic carbocycles. The number of para-hydroxylation sites is 1. The standard InChI is InChI=1S/C40H50F4N6O6SSi2/c1-49(57(53)29-14-9-8-10-15-29)32-16-12-11-13-27(32)24-45-37-34-35(39(51)52)48-50(25-54-17-19-58(2,3)4)38(34)47-36(46-37)30-22-31(41)33(21-28(30)23-40(42,43)44)56-26-55-18-20-59(5,6)7/h8-16,21-22H,17-20,23-26H2,1-7H3,(H,51,52)(H,45,46,47). The molecule has 0 aliphatic heterocycles. The highest BCUT2D eigenvalue weighted by atomic mass is 32.2. The Kier molecular flexibility index (Phi) is 14.7. The van der Waals surface area contributed by atoms with Crippen LogP contribution in [0.5, 0.6) is 5.75 Å². The number of benzene rings is 3. The van der Waals surface area contributed by atoms with Gasteiger partial charge in [-0.05, 0) is 53.5 Å². The van der Waals surface area contributed by atoms with Crippen molar-refractivity contribution in [2.75, 3.05) is 36.7 Å². The predicted molar refractivity (Wildman–Crippen MR) is 226 cm³/mol. The zero-order chi connectivity index (χ0) is 43.1. The molecule has 12 nitrogen and oxygen atoms in total. The molecule has 0 aliphatic rings. The number of hydrogen-bond donors (Lipinski definition) is 2. The molecule has 318 valence electrons.